The lowest BCUT2D eigenvalue weighted by atomic mass is 10.1. The van der Waals surface area contributed by atoms with Gasteiger partial charge in [0.25, 0.3) is 15.9 Å². The van der Waals surface area contributed by atoms with Crippen LogP contribution in [-0.2, 0) is 14.8 Å². The second kappa shape index (κ2) is 9.63. The Hall–Kier alpha value is -3.03. The summed E-state index contributed by atoms with van der Waals surface area (Å²) >= 11 is 5.97. The average Bonchev–Trinajstić information content (AvgIpc) is 2.74. The first-order chi connectivity index (χ1) is 15.1. The Morgan fingerprint density at radius 2 is 1.66 bits per heavy atom. The number of hydrogen-bond donors (Lipinski definition) is 2. The number of ether oxygens (including phenoxy) is 1. The van der Waals surface area contributed by atoms with Crippen LogP contribution in [0.5, 0.6) is 5.75 Å². The third-order valence-electron chi connectivity index (χ3n) is 5.10. The number of carbonyl (C=O) groups excluding carboxylic acids is 1. The fourth-order valence-electron chi connectivity index (χ4n) is 2.96. The van der Waals surface area contributed by atoms with Gasteiger partial charge in [-0.05, 0) is 86.8 Å². The Morgan fingerprint density at radius 1 is 0.969 bits per heavy atom. The van der Waals surface area contributed by atoms with Gasteiger partial charge < -0.3 is 10.1 Å². The van der Waals surface area contributed by atoms with Gasteiger partial charge in [-0.15, -0.1) is 0 Å². The number of rotatable bonds is 7. The molecular formula is C24H25ClN2O4S. The summed E-state index contributed by atoms with van der Waals surface area (Å²) in [5.74, 6) is 0.311. The van der Waals surface area contributed by atoms with Gasteiger partial charge in [0.2, 0.25) is 0 Å². The van der Waals surface area contributed by atoms with Crippen LogP contribution >= 0.6 is 11.6 Å². The molecule has 0 spiro atoms. The highest BCUT2D eigenvalue weighted by molar-refractivity contribution is 7.92. The molecule has 3 aromatic rings. The van der Waals surface area contributed by atoms with Crippen LogP contribution in [0.1, 0.15) is 23.6 Å². The maximum Gasteiger partial charge on any atom is 0.265 e. The van der Waals surface area contributed by atoms with E-state index in [-0.39, 0.29) is 10.8 Å². The molecule has 0 bridgehead atoms. The third kappa shape index (κ3) is 5.60. The summed E-state index contributed by atoms with van der Waals surface area (Å²) in [5, 5.41) is 3.18. The Morgan fingerprint density at radius 3 is 2.34 bits per heavy atom. The minimum Gasteiger partial charge on any atom is -0.481 e. The van der Waals surface area contributed by atoms with Crippen LogP contribution in [0.15, 0.2) is 65.6 Å². The molecule has 168 valence electrons. The van der Waals surface area contributed by atoms with Gasteiger partial charge in [-0.1, -0.05) is 29.8 Å². The predicted molar refractivity (Wildman–Crippen MR) is 128 cm³/mol. The van der Waals surface area contributed by atoms with Crippen molar-refractivity contribution in [1.29, 1.82) is 0 Å². The van der Waals surface area contributed by atoms with Crippen molar-refractivity contribution in [1.82, 2.24) is 0 Å². The van der Waals surface area contributed by atoms with Crippen molar-refractivity contribution >= 4 is 38.9 Å². The molecule has 0 saturated carbocycles. The van der Waals surface area contributed by atoms with Crippen LogP contribution in [-0.4, -0.2) is 20.4 Å². The Bertz CT molecular complexity index is 1240. The van der Waals surface area contributed by atoms with Gasteiger partial charge in [-0.2, -0.15) is 0 Å². The SMILES string of the molecule is Cc1ccc(Cl)cc1NS(=O)(=O)c1ccc(NC(=O)C(C)Oc2cccc(C)c2C)cc1. The van der Waals surface area contributed by atoms with Gasteiger partial charge in [0.05, 0.1) is 10.6 Å². The monoisotopic (exact) mass is 472 g/mol. The molecule has 32 heavy (non-hydrogen) atoms. The second-order valence-corrected chi connectivity index (χ2v) is 9.66. The Labute approximate surface area is 193 Å². The quantitative estimate of drug-likeness (QED) is 0.477. The second-order valence-electron chi connectivity index (χ2n) is 7.54. The number of anilines is 2. The van der Waals surface area contributed by atoms with Crippen LogP contribution in [0.25, 0.3) is 0 Å². The first-order valence-electron chi connectivity index (χ1n) is 9.99. The molecule has 0 fully saturated rings. The van der Waals surface area contributed by atoms with Crippen molar-refractivity contribution < 1.29 is 17.9 Å². The molecule has 1 atom stereocenters. The Kier molecular flexibility index (Phi) is 7.11. The zero-order valence-electron chi connectivity index (χ0n) is 18.3. The molecule has 8 heteroatoms. The number of carbonyl (C=O) groups is 1. The normalized spacial score (nSPS) is 12.2. The fraction of sp³-hybridized carbons (Fsp3) is 0.208. The molecule has 0 heterocycles. The number of aryl methyl sites for hydroxylation is 2. The van der Waals surface area contributed by atoms with E-state index in [0.29, 0.717) is 22.1 Å². The van der Waals surface area contributed by atoms with Gasteiger partial charge in [0.15, 0.2) is 6.10 Å². The van der Waals surface area contributed by atoms with E-state index in [2.05, 4.69) is 10.0 Å². The maximum absolute atomic E-state index is 12.7. The number of amides is 1. The minimum atomic E-state index is -3.81. The van der Waals surface area contributed by atoms with Crippen LogP contribution in [0.3, 0.4) is 0 Å². The van der Waals surface area contributed by atoms with Crippen LogP contribution in [0.4, 0.5) is 11.4 Å². The molecule has 0 aliphatic heterocycles. The molecule has 0 aliphatic rings. The van der Waals surface area contributed by atoms with E-state index in [9.17, 15) is 13.2 Å². The molecule has 0 saturated heterocycles. The lowest BCUT2D eigenvalue weighted by molar-refractivity contribution is -0.122. The molecule has 1 unspecified atom stereocenters. The largest absolute Gasteiger partial charge is 0.481 e. The van der Waals surface area contributed by atoms with E-state index < -0.39 is 16.1 Å². The lowest BCUT2D eigenvalue weighted by Gasteiger charge is -2.17. The van der Waals surface area contributed by atoms with Crippen LogP contribution in [0.2, 0.25) is 5.02 Å². The summed E-state index contributed by atoms with van der Waals surface area (Å²) in [7, 11) is -3.81. The highest BCUT2D eigenvalue weighted by Crippen LogP contribution is 2.25. The maximum atomic E-state index is 12.7. The van der Waals surface area contributed by atoms with Crippen molar-refractivity contribution in [2.75, 3.05) is 10.0 Å². The van der Waals surface area contributed by atoms with E-state index in [1.165, 1.54) is 24.3 Å². The van der Waals surface area contributed by atoms with Gasteiger partial charge in [0, 0.05) is 10.7 Å². The van der Waals surface area contributed by atoms with Crippen molar-refractivity contribution in [2.45, 2.75) is 38.7 Å². The number of nitrogens with one attached hydrogen (secondary N) is 2. The summed E-state index contributed by atoms with van der Waals surface area (Å²) in [6, 6.07) is 16.6. The average molecular weight is 473 g/mol. The highest BCUT2D eigenvalue weighted by Gasteiger charge is 2.18. The van der Waals surface area contributed by atoms with Crippen molar-refractivity contribution in [3.63, 3.8) is 0 Å². The van der Waals surface area contributed by atoms with E-state index in [1.807, 2.05) is 32.0 Å². The zero-order chi connectivity index (χ0) is 23.5. The molecule has 1 amide bonds. The van der Waals surface area contributed by atoms with Crippen LogP contribution in [0, 0.1) is 20.8 Å². The van der Waals surface area contributed by atoms with Gasteiger partial charge in [0.1, 0.15) is 5.75 Å². The van der Waals surface area contributed by atoms with E-state index >= 15 is 0 Å². The minimum absolute atomic E-state index is 0.0644. The summed E-state index contributed by atoms with van der Waals surface area (Å²) in [6.45, 7) is 7.36. The van der Waals surface area contributed by atoms with Gasteiger partial charge in [-0.3, -0.25) is 9.52 Å². The molecule has 2 N–H and O–H groups in total. The highest BCUT2D eigenvalue weighted by atomic mass is 35.5. The fourth-order valence-corrected chi connectivity index (χ4v) is 4.26. The molecule has 6 nitrogen and oxygen atoms in total. The molecule has 0 aliphatic carbocycles. The number of sulfonamides is 1. The van der Waals surface area contributed by atoms with Gasteiger partial charge in [-0.25, -0.2) is 8.42 Å². The standard InChI is InChI=1S/C24H25ClN2O4S/c1-15-6-5-7-23(17(15)3)31-18(4)24(28)26-20-10-12-21(13-11-20)32(29,30)27-22-14-19(25)9-8-16(22)2/h5-14,18,27H,1-4H3,(H,26,28). The van der Waals surface area contributed by atoms with E-state index in [1.54, 1.807) is 32.0 Å². The van der Waals surface area contributed by atoms with Crippen molar-refractivity contribution in [3.05, 3.63) is 82.4 Å². The van der Waals surface area contributed by atoms with Crippen LogP contribution < -0.4 is 14.8 Å². The number of benzene rings is 3. The van der Waals surface area contributed by atoms with Crippen molar-refractivity contribution in [3.8, 4) is 5.75 Å². The third-order valence-corrected chi connectivity index (χ3v) is 6.72. The topological polar surface area (TPSA) is 84.5 Å². The zero-order valence-corrected chi connectivity index (χ0v) is 19.8. The molecule has 0 radical (unpaired) electrons. The summed E-state index contributed by atoms with van der Waals surface area (Å²) in [4.78, 5) is 12.6. The molecule has 0 aromatic heterocycles. The summed E-state index contributed by atoms with van der Waals surface area (Å²) < 4.78 is 33.8. The molecule has 3 rings (SSSR count). The molecular weight excluding hydrogens is 448 g/mol. The van der Waals surface area contributed by atoms with Crippen molar-refractivity contribution in [2.24, 2.45) is 0 Å². The smallest absolute Gasteiger partial charge is 0.265 e. The van der Waals surface area contributed by atoms with E-state index in [4.69, 9.17) is 16.3 Å². The summed E-state index contributed by atoms with van der Waals surface area (Å²) in [6.07, 6.45) is -0.730. The predicted octanol–water partition coefficient (Wildman–Crippen LogP) is 5.47. The first kappa shape index (κ1) is 23.6. The summed E-state index contributed by atoms with van der Waals surface area (Å²) in [5.41, 5.74) is 3.67. The number of hydrogen-bond acceptors (Lipinski definition) is 4. The number of halogens is 1. The lowest BCUT2D eigenvalue weighted by Crippen LogP contribution is -2.30. The molecule has 3 aromatic carbocycles. The first-order valence-corrected chi connectivity index (χ1v) is 11.9. The van der Waals surface area contributed by atoms with Gasteiger partial charge >= 0.3 is 0 Å². The Balaban J connectivity index is 1.67. The van der Waals surface area contributed by atoms with E-state index in [0.717, 1.165) is 16.7 Å².